The van der Waals surface area contributed by atoms with Gasteiger partial charge in [0.05, 0.1) is 17.2 Å². The van der Waals surface area contributed by atoms with Gasteiger partial charge in [-0.2, -0.15) is 0 Å². The van der Waals surface area contributed by atoms with Crippen molar-refractivity contribution in [2.75, 3.05) is 7.11 Å². The van der Waals surface area contributed by atoms with Crippen molar-refractivity contribution in [1.82, 2.24) is 4.98 Å². The van der Waals surface area contributed by atoms with Crippen molar-refractivity contribution in [1.29, 1.82) is 0 Å². The van der Waals surface area contributed by atoms with Gasteiger partial charge < -0.3 is 4.74 Å². The van der Waals surface area contributed by atoms with Crippen LogP contribution in [0.5, 0.6) is 5.75 Å². The molecule has 0 amide bonds. The Hall–Kier alpha value is -0.990. The molecule has 0 fully saturated rings. The molecule has 0 bridgehead atoms. The number of hydrogen-bond acceptors (Lipinski definition) is 2. The van der Waals surface area contributed by atoms with Gasteiger partial charge in [0.25, 0.3) is 0 Å². The lowest BCUT2D eigenvalue weighted by atomic mass is 10.0. The van der Waals surface area contributed by atoms with Gasteiger partial charge in [0.2, 0.25) is 0 Å². The molecule has 0 unspecified atom stereocenters. The van der Waals surface area contributed by atoms with Crippen molar-refractivity contribution in [3.8, 4) is 5.75 Å². The van der Waals surface area contributed by atoms with E-state index in [0.717, 1.165) is 40.2 Å². The van der Waals surface area contributed by atoms with E-state index in [1.165, 1.54) is 24.8 Å². The fraction of sp³-hybridized carbons (Fsp3) is 0.400. The van der Waals surface area contributed by atoms with E-state index in [-0.39, 0.29) is 0 Å². The SMILES string of the molecule is COc1ccc(Cl)c2c(Cl)c3c(nc12)CCCCC3. The van der Waals surface area contributed by atoms with E-state index < -0.39 is 0 Å². The maximum absolute atomic E-state index is 6.59. The summed E-state index contributed by atoms with van der Waals surface area (Å²) in [6.07, 6.45) is 5.55. The van der Waals surface area contributed by atoms with Crippen molar-refractivity contribution < 1.29 is 4.74 Å². The Bertz CT molecular complexity index is 640. The molecule has 19 heavy (non-hydrogen) atoms. The molecule has 0 atom stereocenters. The molecule has 1 aliphatic carbocycles. The normalized spacial score (nSPS) is 15.1. The van der Waals surface area contributed by atoms with Crippen LogP contribution in [0.25, 0.3) is 10.9 Å². The Morgan fingerprint density at radius 3 is 2.68 bits per heavy atom. The predicted molar refractivity (Wildman–Crippen MR) is 79.6 cm³/mol. The molecule has 0 aliphatic heterocycles. The van der Waals surface area contributed by atoms with Gasteiger partial charge in [0.15, 0.2) is 0 Å². The van der Waals surface area contributed by atoms with Crippen molar-refractivity contribution in [2.45, 2.75) is 32.1 Å². The molecule has 0 spiro atoms. The minimum atomic E-state index is 0.639. The summed E-state index contributed by atoms with van der Waals surface area (Å²) >= 11 is 12.9. The van der Waals surface area contributed by atoms with Crippen molar-refractivity contribution in [2.24, 2.45) is 0 Å². The van der Waals surface area contributed by atoms with Crippen LogP contribution in [0.4, 0.5) is 0 Å². The maximum atomic E-state index is 6.59. The van der Waals surface area contributed by atoms with E-state index in [1.807, 2.05) is 12.1 Å². The molecule has 1 aromatic heterocycles. The van der Waals surface area contributed by atoms with Gasteiger partial charge in [0.1, 0.15) is 11.3 Å². The Morgan fingerprint density at radius 1 is 1.11 bits per heavy atom. The van der Waals surface area contributed by atoms with Gasteiger partial charge >= 0.3 is 0 Å². The lowest BCUT2D eigenvalue weighted by Crippen LogP contribution is -2.00. The van der Waals surface area contributed by atoms with E-state index in [4.69, 9.17) is 32.9 Å². The Labute approximate surface area is 122 Å². The summed E-state index contributed by atoms with van der Waals surface area (Å²) in [5, 5.41) is 2.22. The van der Waals surface area contributed by atoms with Crippen LogP contribution < -0.4 is 4.74 Å². The van der Waals surface area contributed by atoms with Crippen LogP contribution in [0, 0.1) is 0 Å². The number of hydrogen-bond donors (Lipinski definition) is 0. The standard InChI is InChI=1S/C15H15Cl2NO/c1-19-12-8-7-10(16)13-14(17)9-5-3-2-4-6-11(9)18-15(12)13/h7-8H,2-6H2,1H3. The number of rotatable bonds is 1. The highest BCUT2D eigenvalue weighted by atomic mass is 35.5. The van der Waals surface area contributed by atoms with Crippen molar-refractivity contribution in [3.05, 3.63) is 33.4 Å². The molecule has 1 heterocycles. The second-order valence-electron chi connectivity index (χ2n) is 4.88. The number of aromatic nitrogens is 1. The van der Waals surface area contributed by atoms with E-state index in [0.29, 0.717) is 5.02 Å². The molecule has 2 nitrogen and oxygen atoms in total. The molecule has 0 radical (unpaired) electrons. The number of fused-ring (bicyclic) bond motifs is 2. The third-order valence-electron chi connectivity index (χ3n) is 3.73. The predicted octanol–water partition coefficient (Wildman–Crippen LogP) is 4.82. The molecule has 100 valence electrons. The second-order valence-corrected chi connectivity index (χ2v) is 5.67. The summed E-state index contributed by atoms with van der Waals surface area (Å²) in [6, 6.07) is 3.66. The lowest BCUT2D eigenvalue weighted by Gasteiger charge is -2.14. The Morgan fingerprint density at radius 2 is 1.89 bits per heavy atom. The molecule has 1 aliphatic rings. The molecule has 0 saturated heterocycles. The fourth-order valence-electron chi connectivity index (χ4n) is 2.74. The quantitative estimate of drug-likeness (QED) is 0.704. The van der Waals surface area contributed by atoms with Crippen LogP contribution in [-0.4, -0.2) is 12.1 Å². The van der Waals surface area contributed by atoms with Crippen LogP contribution in [0.1, 0.15) is 30.5 Å². The van der Waals surface area contributed by atoms with Crippen molar-refractivity contribution >= 4 is 34.1 Å². The number of aryl methyl sites for hydroxylation is 1. The monoisotopic (exact) mass is 295 g/mol. The third kappa shape index (κ3) is 2.17. The van der Waals surface area contributed by atoms with Crippen LogP contribution in [-0.2, 0) is 12.8 Å². The van der Waals surface area contributed by atoms with Gasteiger partial charge in [-0.25, -0.2) is 4.98 Å². The van der Waals surface area contributed by atoms with E-state index in [2.05, 4.69) is 0 Å². The molecule has 1 aromatic carbocycles. The van der Waals surface area contributed by atoms with Gasteiger partial charge in [-0.1, -0.05) is 29.6 Å². The molecule has 3 rings (SSSR count). The maximum Gasteiger partial charge on any atom is 0.145 e. The summed E-state index contributed by atoms with van der Waals surface area (Å²) in [7, 11) is 1.64. The summed E-state index contributed by atoms with van der Waals surface area (Å²) in [5.74, 6) is 0.730. The molecule has 0 saturated carbocycles. The number of nitrogens with zero attached hydrogens (tertiary/aromatic N) is 1. The van der Waals surface area contributed by atoms with Crippen LogP contribution in [0.3, 0.4) is 0 Å². The summed E-state index contributed by atoms with van der Waals surface area (Å²) in [4.78, 5) is 4.77. The Kier molecular flexibility index (Phi) is 3.55. The van der Waals surface area contributed by atoms with Crippen molar-refractivity contribution in [3.63, 3.8) is 0 Å². The zero-order valence-corrected chi connectivity index (χ0v) is 12.3. The topological polar surface area (TPSA) is 22.1 Å². The first-order valence-electron chi connectivity index (χ1n) is 6.56. The van der Waals surface area contributed by atoms with Crippen LogP contribution in [0.15, 0.2) is 12.1 Å². The average Bonchev–Trinajstić information content (AvgIpc) is 2.64. The zero-order valence-electron chi connectivity index (χ0n) is 10.8. The van der Waals surface area contributed by atoms with E-state index in [9.17, 15) is 0 Å². The number of methoxy groups -OCH3 is 1. The summed E-state index contributed by atoms with van der Waals surface area (Å²) in [6.45, 7) is 0. The van der Waals surface area contributed by atoms with Crippen LogP contribution in [0.2, 0.25) is 10.0 Å². The number of ether oxygens (including phenoxy) is 1. The van der Waals surface area contributed by atoms with Gasteiger partial charge in [-0.05, 0) is 43.4 Å². The molecular formula is C15H15Cl2NO. The van der Waals surface area contributed by atoms with Gasteiger partial charge in [-0.3, -0.25) is 0 Å². The molecule has 4 heteroatoms. The first kappa shape index (κ1) is 13.0. The molecule has 0 N–H and O–H groups in total. The highest BCUT2D eigenvalue weighted by Gasteiger charge is 2.19. The summed E-state index contributed by atoms with van der Waals surface area (Å²) < 4.78 is 5.38. The lowest BCUT2D eigenvalue weighted by molar-refractivity contribution is 0.419. The zero-order chi connectivity index (χ0) is 13.4. The largest absolute Gasteiger partial charge is 0.494 e. The highest BCUT2D eigenvalue weighted by Crippen LogP contribution is 2.39. The fourth-order valence-corrected chi connectivity index (χ4v) is 3.43. The smallest absolute Gasteiger partial charge is 0.145 e. The van der Waals surface area contributed by atoms with Crippen LogP contribution >= 0.6 is 23.2 Å². The molecular weight excluding hydrogens is 281 g/mol. The number of halogens is 2. The average molecular weight is 296 g/mol. The second kappa shape index (κ2) is 5.18. The summed E-state index contributed by atoms with van der Waals surface area (Å²) in [5.41, 5.74) is 3.05. The minimum Gasteiger partial charge on any atom is -0.494 e. The van der Waals surface area contributed by atoms with E-state index >= 15 is 0 Å². The first-order chi connectivity index (χ1) is 9.22. The Balaban J connectivity index is 2.36. The van der Waals surface area contributed by atoms with Gasteiger partial charge in [-0.15, -0.1) is 0 Å². The first-order valence-corrected chi connectivity index (χ1v) is 7.31. The van der Waals surface area contributed by atoms with E-state index in [1.54, 1.807) is 7.11 Å². The van der Waals surface area contributed by atoms with Gasteiger partial charge in [0, 0.05) is 11.1 Å². The minimum absolute atomic E-state index is 0.639. The molecule has 2 aromatic rings. The third-order valence-corrected chi connectivity index (χ3v) is 4.46. The number of benzene rings is 1. The number of pyridine rings is 1. The highest BCUT2D eigenvalue weighted by molar-refractivity contribution is 6.42.